The number of halogens is 2. The Morgan fingerprint density at radius 3 is 2.76 bits per heavy atom. The topological polar surface area (TPSA) is 175 Å². The molecule has 1 fully saturated rings. The van der Waals surface area contributed by atoms with Gasteiger partial charge in [-0.2, -0.15) is 12.7 Å². The molecule has 0 aliphatic carbocycles. The minimum absolute atomic E-state index is 0.0376. The van der Waals surface area contributed by atoms with Crippen molar-refractivity contribution in [3.8, 4) is 17.2 Å². The molecule has 1 atom stereocenters. The second-order valence-corrected chi connectivity index (χ2v) is 11.7. The summed E-state index contributed by atoms with van der Waals surface area (Å²) in [7, 11) is -4.08. The van der Waals surface area contributed by atoms with Crippen LogP contribution >= 0.6 is 15.9 Å². The molecule has 3 heterocycles. The van der Waals surface area contributed by atoms with Gasteiger partial charge in [0.1, 0.15) is 11.4 Å². The van der Waals surface area contributed by atoms with Crippen LogP contribution in [0, 0.1) is 11.7 Å². The van der Waals surface area contributed by atoms with Crippen molar-refractivity contribution in [2.75, 3.05) is 25.0 Å². The van der Waals surface area contributed by atoms with E-state index >= 15 is 0 Å². The zero-order chi connectivity index (χ0) is 27.0. The highest BCUT2D eigenvalue weighted by Gasteiger charge is 2.34. The minimum Gasteiger partial charge on any atom is -0.443 e. The Hall–Kier alpha value is -3.31. The molecule has 200 valence electrons. The third kappa shape index (κ3) is 6.16. The van der Waals surface area contributed by atoms with Gasteiger partial charge < -0.3 is 10.1 Å². The number of hydrogen-bond acceptors (Lipinski definition) is 11. The first kappa shape index (κ1) is 26.7. The van der Waals surface area contributed by atoms with E-state index < -0.39 is 33.5 Å². The highest BCUT2D eigenvalue weighted by Crippen LogP contribution is 2.27. The molecular weight excluding hydrogens is 581 g/mol. The van der Waals surface area contributed by atoms with Gasteiger partial charge in [-0.1, -0.05) is 5.16 Å². The van der Waals surface area contributed by atoms with Crippen LogP contribution in [0.3, 0.4) is 0 Å². The lowest BCUT2D eigenvalue weighted by atomic mass is 10.1. The highest BCUT2D eigenvalue weighted by atomic mass is 79.9. The highest BCUT2D eigenvalue weighted by molar-refractivity contribution is 9.10. The van der Waals surface area contributed by atoms with Crippen molar-refractivity contribution in [2.45, 2.75) is 32.8 Å². The summed E-state index contributed by atoms with van der Waals surface area (Å²) in [6.45, 7) is 5.47. The maximum absolute atomic E-state index is 13.7. The molecule has 3 aromatic rings. The number of anilines is 1. The molecule has 1 unspecified atom stereocenters. The zero-order valence-corrected chi connectivity index (χ0v) is 22.3. The van der Waals surface area contributed by atoms with Gasteiger partial charge in [-0.3, -0.25) is 4.52 Å². The van der Waals surface area contributed by atoms with Crippen LogP contribution in [0.25, 0.3) is 17.2 Å². The number of carbonyl (C=O) groups excluding carboxylic acids is 1. The van der Waals surface area contributed by atoms with Gasteiger partial charge in [-0.25, -0.2) is 27.9 Å². The van der Waals surface area contributed by atoms with Crippen LogP contribution in [0.15, 0.2) is 36.6 Å². The van der Waals surface area contributed by atoms with Crippen LogP contribution in [0.4, 0.5) is 15.0 Å². The minimum atomic E-state index is -4.08. The van der Waals surface area contributed by atoms with E-state index in [4.69, 9.17) is 13.9 Å². The second-order valence-electron chi connectivity index (χ2n) is 9.17. The fourth-order valence-corrected chi connectivity index (χ4v) is 5.10. The van der Waals surface area contributed by atoms with E-state index in [2.05, 4.69) is 36.7 Å². The van der Waals surface area contributed by atoms with Gasteiger partial charge in [-0.15, -0.1) is 0 Å². The van der Waals surface area contributed by atoms with Crippen molar-refractivity contribution >= 4 is 38.1 Å². The summed E-state index contributed by atoms with van der Waals surface area (Å²) in [5, 5.41) is 14.4. The molecular formula is C20H23BrFN7O7S. The van der Waals surface area contributed by atoms with Gasteiger partial charge in [0.2, 0.25) is 11.6 Å². The summed E-state index contributed by atoms with van der Waals surface area (Å²) < 4.78 is 57.6. The SMILES string of the molecule is CC(C)(C)OC(=O)NS(=O)(=O)N1CCC(CNc2nonc2-c2noc(=O)n2-c2ccc(F)c(Br)c2)C1. The first-order valence-electron chi connectivity index (χ1n) is 11.0. The van der Waals surface area contributed by atoms with E-state index in [1.54, 1.807) is 20.8 Å². The largest absolute Gasteiger partial charge is 0.446 e. The van der Waals surface area contributed by atoms with Crippen molar-refractivity contribution in [3.63, 3.8) is 0 Å². The molecule has 17 heteroatoms. The van der Waals surface area contributed by atoms with Gasteiger partial charge in [-0.05, 0) is 77.6 Å². The number of rotatable bonds is 7. The summed E-state index contributed by atoms with van der Waals surface area (Å²) in [5.74, 6) is -1.40. The quantitative estimate of drug-likeness (QED) is 0.405. The predicted octanol–water partition coefficient (Wildman–Crippen LogP) is 2.28. The number of ether oxygens (including phenoxy) is 1. The first-order valence-corrected chi connectivity index (χ1v) is 13.2. The van der Waals surface area contributed by atoms with Gasteiger partial charge in [0.25, 0.3) is 0 Å². The van der Waals surface area contributed by atoms with Gasteiger partial charge >= 0.3 is 22.1 Å². The van der Waals surface area contributed by atoms with Crippen LogP contribution in [0.1, 0.15) is 27.2 Å². The van der Waals surface area contributed by atoms with Gasteiger partial charge in [0.15, 0.2) is 5.69 Å². The smallest absolute Gasteiger partial charge is 0.443 e. The maximum Gasteiger partial charge on any atom is 0.446 e. The van der Waals surface area contributed by atoms with Crippen molar-refractivity contribution < 1.29 is 31.5 Å². The Morgan fingerprint density at radius 1 is 1.30 bits per heavy atom. The molecule has 2 N–H and O–H groups in total. The molecule has 0 radical (unpaired) electrons. The molecule has 1 saturated heterocycles. The summed E-state index contributed by atoms with van der Waals surface area (Å²) in [4.78, 5) is 24.2. The normalized spacial score (nSPS) is 16.6. The summed E-state index contributed by atoms with van der Waals surface area (Å²) in [6.07, 6.45) is -0.555. The standard InChI is InChI=1S/C20H23BrFN7O7S/c1-20(2,3)34-18(30)27-37(32,33)28-7-6-11(10-28)9-23-16-15(24-36-25-16)17-26-35-19(31)29(17)12-4-5-14(22)13(21)8-12/h4-5,8,11H,6-7,9-10H2,1-3H3,(H,23,25)(H,27,30). The van der Waals surface area contributed by atoms with E-state index in [9.17, 15) is 22.4 Å². The van der Waals surface area contributed by atoms with Crippen LogP contribution < -0.4 is 15.8 Å². The van der Waals surface area contributed by atoms with E-state index in [1.165, 1.54) is 18.2 Å². The van der Waals surface area contributed by atoms with Crippen LogP contribution in [0.2, 0.25) is 0 Å². The molecule has 0 spiro atoms. The summed E-state index contributed by atoms with van der Waals surface area (Å²) in [5.41, 5.74) is -0.527. The zero-order valence-electron chi connectivity index (χ0n) is 19.9. The Balaban J connectivity index is 1.43. The monoisotopic (exact) mass is 603 g/mol. The van der Waals surface area contributed by atoms with Crippen LogP contribution in [0.5, 0.6) is 0 Å². The number of amides is 1. The van der Waals surface area contributed by atoms with Gasteiger partial charge in [0.05, 0.1) is 10.2 Å². The van der Waals surface area contributed by atoms with Crippen LogP contribution in [-0.2, 0) is 14.9 Å². The fourth-order valence-electron chi connectivity index (χ4n) is 3.59. The number of aromatic nitrogens is 4. The molecule has 1 aliphatic rings. The molecule has 37 heavy (non-hydrogen) atoms. The molecule has 14 nitrogen and oxygen atoms in total. The maximum atomic E-state index is 13.7. The lowest BCUT2D eigenvalue weighted by molar-refractivity contribution is 0.0567. The number of hydrogen-bond donors (Lipinski definition) is 2. The fraction of sp³-hybridized carbons (Fsp3) is 0.450. The number of benzene rings is 1. The number of carbonyl (C=O) groups is 1. The molecule has 0 bridgehead atoms. The summed E-state index contributed by atoms with van der Waals surface area (Å²) in [6, 6.07) is 3.90. The molecule has 1 amide bonds. The van der Waals surface area contributed by atoms with E-state index in [1.807, 2.05) is 4.72 Å². The van der Waals surface area contributed by atoms with E-state index in [0.29, 0.717) is 6.42 Å². The molecule has 1 aromatic carbocycles. The van der Waals surface area contributed by atoms with E-state index in [0.717, 1.165) is 8.87 Å². The average Bonchev–Trinajstić information content (AvgIpc) is 3.52. The Morgan fingerprint density at radius 2 is 2.05 bits per heavy atom. The third-order valence-electron chi connectivity index (χ3n) is 5.22. The molecule has 4 rings (SSSR count). The lowest BCUT2D eigenvalue weighted by Gasteiger charge is -2.22. The first-order chi connectivity index (χ1) is 17.3. The van der Waals surface area contributed by atoms with E-state index in [-0.39, 0.29) is 53.0 Å². The third-order valence-corrected chi connectivity index (χ3v) is 7.27. The van der Waals surface area contributed by atoms with Crippen molar-refractivity contribution in [2.24, 2.45) is 5.92 Å². The molecule has 1 aliphatic heterocycles. The Kier molecular flexibility index (Phi) is 7.38. The lowest BCUT2D eigenvalue weighted by Crippen LogP contribution is -2.44. The number of nitrogens with one attached hydrogen (secondary N) is 2. The van der Waals surface area contributed by atoms with Gasteiger partial charge in [0, 0.05) is 19.6 Å². The second kappa shape index (κ2) is 10.2. The molecule has 2 aromatic heterocycles. The van der Waals surface area contributed by atoms with Crippen molar-refractivity contribution in [1.29, 1.82) is 0 Å². The van der Waals surface area contributed by atoms with Crippen LogP contribution in [-0.4, -0.2) is 64.1 Å². The van der Waals surface area contributed by atoms with Crippen molar-refractivity contribution in [3.05, 3.63) is 39.0 Å². The van der Waals surface area contributed by atoms with Crippen molar-refractivity contribution in [1.82, 2.24) is 29.1 Å². The Labute approximate surface area is 218 Å². The summed E-state index contributed by atoms with van der Waals surface area (Å²) >= 11 is 3.07. The number of nitrogens with zero attached hydrogens (tertiary/aromatic N) is 5. The Bertz CT molecular complexity index is 1460. The molecule has 0 saturated carbocycles. The average molecular weight is 604 g/mol. The predicted molar refractivity (Wildman–Crippen MR) is 130 cm³/mol.